The lowest BCUT2D eigenvalue weighted by Crippen LogP contribution is -2.38. The molecule has 1 atom stereocenters. The van der Waals surface area contributed by atoms with E-state index >= 15 is 0 Å². The van der Waals surface area contributed by atoms with Crippen LogP contribution in [0.5, 0.6) is 0 Å². The number of rotatable bonds is 3. The third kappa shape index (κ3) is 2.59. The van der Waals surface area contributed by atoms with Gasteiger partial charge in [-0.1, -0.05) is 0 Å². The molecule has 0 aliphatic heterocycles. The summed E-state index contributed by atoms with van der Waals surface area (Å²) in [5.41, 5.74) is 0.376. The van der Waals surface area contributed by atoms with Gasteiger partial charge in [0.2, 0.25) is 0 Å². The van der Waals surface area contributed by atoms with E-state index in [9.17, 15) is 9.59 Å². The average molecular weight is 211 g/mol. The maximum Gasteiger partial charge on any atom is 0.325 e. The summed E-state index contributed by atoms with van der Waals surface area (Å²) in [4.78, 5) is 22.1. The number of amides is 1. The van der Waals surface area contributed by atoms with Gasteiger partial charge in [-0.25, -0.2) is 0 Å². The first-order valence-corrected chi connectivity index (χ1v) is 4.52. The van der Waals surface area contributed by atoms with Crippen LogP contribution in [0.1, 0.15) is 28.8 Å². The number of aryl methyl sites for hydroxylation is 2. The molecule has 1 heterocycles. The zero-order valence-electron chi connectivity index (χ0n) is 8.83. The van der Waals surface area contributed by atoms with Gasteiger partial charge in [-0.05, 0) is 26.8 Å². The molecule has 1 amide bonds. The molecule has 0 bridgehead atoms. The number of carbonyl (C=O) groups is 2. The van der Waals surface area contributed by atoms with Crippen LogP contribution in [0.4, 0.5) is 0 Å². The van der Waals surface area contributed by atoms with Crippen molar-refractivity contribution in [3.8, 4) is 0 Å². The van der Waals surface area contributed by atoms with Gasteiger partial charge in [-0.3, -0.25) is 9.59 Å². The summed E-state index contributed by atoms with van der Waals surface area (Å²) in [5, 5.41) is 11.0. The third-order valence-corrected chi connectivity index (χ3v) is 2.00. The first-order chi connectivity index (χ1) is 6.91. The van der Waals surface area contributed by atoms with Gasteiger partial charge >= 0.3 is 5.97 Å². The van der Waals surface area contributed by atoms with Crippen LogP contribution in [0.3, 0.4) is 0 Å². The minimum Gasteiger partial charge on any atom is -0.480 e. The van der Waals surface area contributed by atoms with E-state index in [1.165, 1.54) is 6.92 Å². The number of carbonyl (C=O) groups excluding carboxylic acids is 1. The molecule has 0 aliphatic carbocycles. The number of hydrogen-bond acceptors (Lipinski definition) is 3. The summed E-state index contributed by atoms with van der Waals surface area (Å²) in [7, 11) is 0. The SMILES string of the molecule is Cc1cc(C(=O)N[C@@H](C)C(=O)O)c(C)o1. The highest BCUT2D eigenvalue weighted by Crippen LogP contribution is 2.13. The Kier molecular flexibility index (Phi) is 3.14. The first-order valence-electron chi connectivity index (χ1n) is 4.52. The molecule has 0 spiro atoms. The zero-order chi connectivity index (χ0) is 11.6. The Bertz CT molecular complexity index is 394. The molecule has 1 rings (SSSR count). The van der Waals surface area contributed by atoms with Crippen molar-refractivity contribution in [2.45, 2.75) is 26.8 Å². The number of nitrogens with one attached hydrogen (secondary N) is 1. The van der Waals surface area contributed by atoms with Crippen LogP contribution >= 0.6 is 0 Å². The van der Waals surface area contributed by atoms with Crippen molar-refractivity contribution < 1.29 is 19.1 Å². The normalized spacial score (nSPS) is 12.2. The molecule has 0 saturated carbocycles. The smallest absolute Gasteiger partial charge is 0.325 e. The topological polar surface area (TPSA) is 79.5 Å². The number of hydrogen-bond donors (Lipinski definition) is 2. The fraction of sp³-hybridized carbons (Fsp3) is 0.400. The van der Waals surface area contributed by atoms with Crippen molar-refractivity contribution in [2.24, 2.45) is 0 Å². The monoisotopic (exact) mass is 211 g/mol. The second kappa shape index (κ2) is 4.16. The lowest BCUT2D eigenvalue weighted by atomic mass is 10.2. The van der Waals surface area contributed by atoms with E-state index in [1.54, 1.807) is 19.9 Å². The van der Waals surface area contributed by atoms with Crippen LogP contribution in [0.25, 0.3) is 0 Å². The summed E-state index contributed by atoms with van der Waals surface area (Å²) in [5.74, 6) is -0.385. The second-order valence-corrected chi connectivity index (χ2v) is 3.36. The van der Waals surface area contributed by atoms with Crippen LogP contribution in [-0.2, 0) is 4.79 Å². The summed E-state index contributed by atoms with van der Waals surface area (Å²) in [6.45, 7) is 4.79. The summed E-state index contributed by atoms with van der Waals surface area (Å²) < 4.78 is 5.17. The second-order valence-electron chi connectivity index (χ2n) is 3.36. The standard InChI is InChI=1S/C10H13NO4/c1-5-4-8(7(3)15-5)9(12)11-6(2)10(13)14/h4,6H,1-3H3,(H,11,12)(H,13,14)/t6-/m0/s1. The summed E-state index contributed by atoms with van der Waals surface area (Å²) in [6.07, 6.45) is 0. The van der Waals surface area contributed by atoms with Crippen molar-refractivity contribution in [2.75, 3.05) is 0 Å². The zero-order valence-corrected chi connectivity index (χ0v) is 8.83. The number of aliphatic carboxylic acids is 1. The fourth-order valence-corrected chi connectivity index (χ4v) is 1.19. The van der Waals surface area contributed by atoms with Crippen LogP contribution in [0, 0.1) is 13.8 Å². The molecule has 15 heavy (non-hydrogen) atoms. The fourth-order valence-electron chi connectivity index (χ4n) is 1.19. The van der Waals surface area contributed by atoms with E-state index in [4.69, 9.17) is 9.52 Å². The molecule has 1 aromatic heterocycles. The average Bonchev–Trinajstić information content (AvgIpc) is 2.44. The number of furan rings is 1. The Morgan fingerprint density at radius 3 is 2.47 bits per heavy atom. The summed E-state index contributed by atoms with van der Waals surface area (Å²) >= 11 is 0. The molecule has 5 heteroatoms. The predicted octanol–water partition coefficient (Wildman–Crippen LogP) is 1.10. The van der Waals surface area contributed by atoms with Crippen LogP contribution in [0.15, 0.2) is 10.5 Å². The highest BCUT2D eigenvalue weighted by Gasteiger charge is 2.18. The van der Waals surface area contributed by atoms with Gasteiger partial charge in [0, 0.05) is 0 Å². The van der Waals surface area contributed by atoms with Crippen molar-refractivity contribution >= 4 is 11.9 Å². The molecule has 0 aromatic carbocycles. The molecule has 0 fully saturated rings. The molecular formula is C10H13NO4. The molecule has 0 unspecified atom stereocenters. The number of carboxylic acids is 1. The Hall–Kier alpha value is -1.78. The van der Waals surface area contributed by atoms with Gasteiger partial charge in [0.1, 0.15) is 17.6 Å². The third-order valence-electron chi connectivity index (χ3n) is 2.00. The van der Waals surface area contributed by atoms with E-state index in [2.05, 4.69) is 5.32 Å². The molecule has 0 saturated heterocycles. The van der Waals surface area contributed by atoms with E-state index in [1.807, 2.05) is 0 Å². The Labute approximate surface area is 87.1 Å². The van der Waals surface area contributed by atoms with Crippen LogP contribution in [0.2, 0.25) is 0 Å². The Morgan fingerprint density at radius 1 is 1.47 bits per heavy atom. The van der Waals surface area contributed by atoms with Crippen molar-refractivity contribution in [3.05, 3.63) is 23.2 Å². The summed E-state index contributed by atoms with van der Waals surface area (Å²) in [6, 6.07) is 0.672. The van der Waals surface area contributed by atoms with Gasteiger partial charge in [-0.2, -0.15) is 0 Å². The molecule has 0 radical (unpaired) electrons. The molecule has 2 N–H and O–H groups in total. The maximum atomic E-state index is 11.6. The highest BCUT2D eigenvalue weighted by molar-refractivity contribution is 5.97. The number of carboxylic acid groups (broad SMARTS) is 1. The van der Waals surface area contributed by atoms with Crippen molar-refractivity contribution in [1.29, 1.82) is 0 Å². The molecule has 0 aliphatic rings. The molecule has 5 nitrogen and oxygen atoms in total. The first kappa shape index (κ1) is 11.3. The van der Waals surface area contributed by atoms with Crippen molar-refractivity contribution in [1.82, 2.24) is 5.32 Å². The maximum absolute atomic E-state index is 11.6. The quantitative estimate of drug-likeness (QED) is 0.784. The van der Waals surface area contributed by atoms with Gasteiger partial charge in [0.25, 0.3) is 5.91 Å². The van der Waals surface area contributed by atoms with E-state index in [-0.39, 0.29) is 0 Å². The van der Waals surface area contributed by atoms with Gasteiger partial charge in [0.15, 0.2) is 0 Å². The Morgan fingerprint density at radius 2 is 2.07 bits per heavy atom. The van der Waals surface area contributed by atoms with Crippen molar-refractivity contribution in [3.63, 3.8) is 0 Å². The molecule has 82 valence electrons. The van der Waals surface area contributed by atoms with E-state index < -0.39 is 17.9 Å². The molecule has 1 aromatic rings. The van der Waals surface area contributed by atoms with E-state index in [0.717, 1.165) is 0 Å². The highest BCUT2D eigenvalue weighted by atomic mass is 16.4. The Balaban J connectivity index is 2.77. The largest absolute Gasteiger partial charge is 0.480 e. The van der Waals surface area contributed by atoms with Gasteiger partial charge in [-0.15, -0.1) is 0 Å². The van der Waals surface area contributed by atoms with Gasteiger partial charge in [0.05, 0.1) is 5.56 Å². The minimum atomic E-state index is -1.07. The molecular weight excluding hydrogens is 198 g/mol. The predicted molar refractivity (Wildman–Crippen MR) is 52.7 cm³/mol. The van der Waals surface area contributed by atoms with Crippen LogP contribution in [-0.4, -0.2) is 23.0 Å². The lowest BCUT2D eigenvalue weighted by molar-refractivity contribution is -0.138. The van der Waals surface area contributed by atoms with Crippen LogP contribution < -0.4 is 5.32 Å². The minimum absolute atomic E-state index is 0.376. The van der Waals surface area contributed by atoms with Gasteiger partial charge < -0.3 is 14.8 Å². The van der Waals surface area contributed by atoms with E-state index in [0.29, 0.717) is 17.1 Å². The lowest BCUT2D eigenvalue weighted by Gasteiger charge is -2.07.